The van der Waals surface area contributed by atoms with E-state index in [4.69, 9.17) is 0 Å². The molecular weight excluding hydrogens is 360 g/mol. The lowest BCUT2D eigenvalue weighted by Gasteiger charge is -2.15. The predicted molar refractivity (Wildman–Crippen MR) is 116 cm³/mol. The number of hydrogen-bond acceptors (Lipinski definition) is 2. The molecule has 1 heterocycles. The quantitative estimate of drug-likeness (QED) is 0.689. The van der Waals surface area contributed by atoms with Crippen molar-refractivity contribution in [1.82, 2.24) is 4.90 Å². The number of carbonyl (C=O) groups is 2. The standard InChI is InChI=1S/C25H24N2O2/c28-24(27-16-4-5-17-27)18-19-8-14-23(15-9-19)26-25(29)22-12-10-21(11-13-22)20-6-2-1-3-7-20/h1-3,6-15H,4-5,16-18H2,(H,26,29). The Morgan fingerprint density at radius 1 is 0.759 bits per heavy atom. The number of carbonyl (C=O) groups excluding carboxylic acids is 2. The third-order valence-electron chi connectivity index (χ3n) is 5.28. The van der Waals surface area contributed by atoms with Crippen LogP contribution in [-0.4, -0.2) is 29.8 Å². The summed E-state index contributed by atoms with van der Waals surface area (Å²) in [6.07, 6.45) is 2.61. The zero-order valence-electron chi connectivity index (χ0n) is 16.3. The van der Waals surface area contributed by atoms with Gasteiger partial charge in [-0.2, -0.15) is 0 Å². The van der Waals surface area contributed by atoms with Crippen LogP contribution in [0.5, 0.6) is 0 Å². The van der Waals surface area contributed by atoms with E-state index in [1.165, 1.54) is 0 Å². The van der Waals surface area contributed by atoms with Gasteiger partial charge in [-0.05, 0) is 53.8 Å². The zero-order chi connectivity index (χ0) is 20.1. The van der Waals surface area contributed by atoms with E-state index in [9.17, 15) is 9.59 Å². The molecule has 0 bridgehead atoms. The summed E-state index contributed by atoms with van der Waals surface area (Å²) in [6, 6.07) is 25.2. The van der Waals surface area contributed by atoms with Gasteiger partial charge in [0.2, 0.25) is 5.91 Å². The van der Waals surface area contributed by atoms with Gasteiger partial charge < -0.3 is 10.2 Å². The first-order valence-corrected chi connectivity index (χ1v) is 10.0. The summed E-state index contributed by atoms with van der Waals surface area (Å²) in [5.41, 5.74) is 4.50. The second kappa shape index (κ2) is 8.74. The first-order valence-electron chi connectivity index (χ1n) is 10.0. The molecule has 1 aliphatic heterocycles. The number of amides is 2. The average Bonchev–Trinajstić information content (AvgIpc) is 3.31. The van der Waals surface area contributed by atoms with Gasteiger partial charge in [-0.3, -0.25) is 9.59 Å². The van der Waals surface area contributed by atoms with Crippen molar-refractivity contribution in [2.45, 2.75) is 19.3 Å². The van der Waals surface area contributed by atoms with E-state index in [2.05, 4.69) is 5.32 Å². The summed E-state index contributed by atoms with van der Waals surface area (Å²) in [7, 11) is 0. The number of nitrogens with zero attached hydrogens (tertiary/aromatic N) is 1. The van der Waals surface area contributed by atoms with Crippen LogP contribution in [0.3, 0.4) is 0 Å². The molecule has 1 aliphatic rings. The van der Waals surface area contributed by atoms with Crippen LogP contribution in [0.2, 0.25) is 0 Å². The van der Waals surface area contributed by atoms with Crippen molar-refractivity contribution in [2.24, 2.45) is 0 Å². The maximum absolute atomic E-state index is 12.5. The second-order valence-corrected chi connectivity index (χ2v) is 7.36. The molecule has 0 aliphatic carbocycles. The molecule has 3 aromatic rings. The van der Waals surface area contributed by atoms with Crippen molar-refractivity contribution < 1.29 is 9.59 Å². The average molecular weight is 384 g/mol. The minimum atomic E-state index is -0.148. The Kier molecular flexibility index (Phi) is 5.71. The highest BCUT2D eigenvalue weighted by Gasteiger charge is 2.17. The van der Waals surface area contributed by atoms with Gasteiger partial charge in [0, 0.05) is 24.3 Å². The van der Waals surface area contributed by atoms with E-state index in [-0.39, 0.29) is 11.8 Å². The van der Waals surface area contributed by atoms with Crippen molar-refractivity contribution in [3.05, 3.63) is 90.0 Å². The molecule has 1 fully saturated rings. The van der Waals surface area contributed by atoms with Crippen LogP contribution in [-0.2, 0) is 11.2 Å². The Balaban J connectivity index is 1.36. The van der Waals surface area contributed by atoms with Crippen LogP contribution >= 0.6 is 0 Å². The molecule has 3 aromatic carbocycles. The zero-order valence-corrected chi connectivity index (χ0v) is 16.3. The van der Waals surface area contributed by atoms with E-state index in [0.717, 1.165) is 48.3 Å². The molecular formula is C25H24N2O2. The Hall–Kier alpha value is -3.40. The summed E-state index contributed by atoms with van der Waals surface area (Å²) in [6.45, 7) is 1.74. The summed E-state index contributed by atoms with van der Waals surface area (Å²) < 4.78 is 0. The van der Waals surface area contributed by atoms with Gasteiger partial charge in [-0.1, -0.05) is 54.6 Å². The minimum Gasteiger partial charge on any atom is -0.342 e. The highest BCUT2D eigenvalue weighted by Crippen LogP contribution is 2.20. The van der Waals surface area contributed by atoms with E-state index in [1.807, 2.05) is 83.8 Å². The van der Waals surface area contributed by atoms with Crippen molar-refractivity contribution in [3.8, 4) is 11.1 Å². The normalized spacial score (nSPS) is 13.3. The molecule has 146 valence electrons. The predicted octanol–water partition coefficient (Wildman–Crippen LogP) is 4.77. The van der Waals surface area contributed by atoms with Crippen molar-refractivity contribution >= 4 is 17.5 Å². The molecule has 29 heavy (non-hydrogen) atoms. The molecule has 0 radical (unpaired) electrons. The third kappa shape index (κ3) is 4.72. The van der Waals surface area contributed by atoms with Gasteiger partial charge in [-0.25, -0.2) is 0 Å². The molecule has 0 spiro atoms. The first kappa shape index (κ1) is 18.9. The Bertz CT molecular complexity index is 974. The molecule has 0 aromatic heterocycles. The molecule has 2 amide bonds. The van der Waals surface area contributed by atoms with Crippen LogP contribution in [0, 0.1) is 0 Å². The summed E-state index contributed by atoms with van der Waals surface area (Å²) in [4.78, 5) is 26.7. The fourth-order valence-electron chi connectivity index (χ4n) is 3.61. The van der Waals surface area contributed by atoms with Crippen molar-refractivity contribution in [1.29, 1.82) is 0 Å². The van der Waals surface area contributed by atoms with E-state index in [1.54, 1.807) is 0 Å². The van der Waals surface area contributed by atoms with Gasteiger partial charge in [0.1, 0.15) is 0 Å². The van der Waals surface area contributed by atoms with E-state index in [0.29, 0.717) is 12.0 Å². The fraction of sp³-hybridized carbons (Fsp3) is 0.200. The van der Waals surface area contributed by atoms with Crippen LogP contribution in [0.25, 0.3) is 11.1 Å². The van der Waals surface area contributed by atoms with E-state index >= 15 is 0 Å². The smallest absolute Gasteiger partial charge is 0.255 e. The largest absolute Gasteiger partial charge is 0.342 e. The number of rotatable bonds is 5. The van der Waals surface area contributed by atoms with Crippen molar-refractivity contribution in [3.63, 3.8) is 0 Å². The lowest BCUT2D eigenvalue weighted by molar-refractivity contribution is -0.129. The maximum atomic E-state index is 12.5. The summed E-state index contributed by atoms with van der Waals surface area (Å²) in [5, 5.41) is 2.92. The molecule has 4 nitrogen and oxygen atoms in total. The second-order valence-electron chi connectivity index (χ2n) is 7.36. The lowest BCUT2D eigenvalue weighted by atomic mass is 10.0. The highest BCUT2D eigenvalue weighted by atomic mass is 16.2. The Labute approximate surface area is 171 Å². The van der Waals surface area contributed by atoms with Gasteiger partial charge in [0.05, 0.1) is 6.42 Å². The minimum absolute atomic E-state index is 0.148. The van der Waals surface area contributed by atoms with Crippen LogP contribution < -0.4 is 5.32 Å². The number of hydrogen-bond donors (Lipinski definition) is 1. The van der Waals surface area contributed by atoms with E-state index < -0.39 is 0 Å². The molecule has 4 rings (SSSR count). The van der Waals surface area contributed by atoms with Crippen LogP contribution in [0.1, 0.15) is 28.8 Å². The van der Waals surface area contributed by atoms with Gasteiger partial charge in [0.25, 0.3) is 5.91 Å². The lowest BCUT2D eigenvalue weighted by Crippen LogP contribution is -2.29. The number of benzene rings is 3. The van der Waals surface area contributed by atoms with Crippen LogP contribution in [0.4, 0.5) is 5.69 Å². The molecule has 4 heteroatoms. The molecule has 0 saturated carbocycles. The number of nitrogens with one attached hydrogen (secondary N) is 1. The SMILES string of the molecule is O=C(Nc1ccc(CC(=O)N2CCCC2)cc1)c1ccc(-c2ccccc2)cc1. The first-order chi connectivity index (χ1) is 14.2. The fourth-order valence-corrected chi connectivity index (χ4v) is 3.61. The maximum Gasteiger partial charge on any atom is 0.255 e. The monoisotopic (exact) mass is 384 g/mol. The topological polar surface area (TPSA) is 49.4 Å². The van der Waals surface area contributed by atoms with Crippen molar-refractivity contribution in [2.75, 3.05) is 18.4 Å². The number of anilines is 1. The van der Waals surface area contributed by atoms with Crippen LogP contribution in [0.15, 0.2) is 78.9 Å². The Morgan fingerprint density at radius 2 is 1.38 bits per heavy atom. The number of likely N-dealkylation sites (tertiary alicyclic amines) is 1. The molecule has 0 unspecified atom stereocenters. The highest BCUT2D eigenvalue weighted by molar-refractivity contribution is 6.04. The molecule has 0 atom stereocenters. The molecule has 1 N–H and O–H groups in total. The van der Waals surface area contributed by atoms with Gasteiger partial charge in [-0.15, -0.1) is 0 Å². The summed E-state index contributed by atoms with van der Waals surface area (Å²) in [5.74, 6) is 0.0308. The third-order valence-corrected chi connectivity index (χ3v) is 5.28. The van der Waals surface area contributed by atoms with Gasteiger partial charge >= 0.3 is 0 Å². The van der Waals surface area contributed by atoms with Gasteiger partial charge in [0.15, 0.2) is 0 Å². The molecule has 1 saturated heterocycles. The Morgan fingerprint density at radius 3 is 2.03 bits per heavy atom. The summed E-state index contributed by atoms with van der Waals surface area (Å²) >= 11 is 0.